The van der Waals surface area contributed by atoms with E-state index >= 15 is 0 Å². The van der Waals surface area contributed by atoms with E-state index in [0.29, 0.717) is 11.4 Å². The Labute approximate surface area is 348 Å². The number of hydrogen-bond acceptors (Lipinski definition) is 4. The molecule has 0 aliphatic carbocycles. The van der Waals surface area contributed by atoms with Crippen LogP contribution < -0.4 is 4.40 Å². The Balaban J connectivity index is 0.000000206. The molecule has 0 bridgehead atoms. The Morgan fingerprint density at radius 3 is 2.30 bits per heavy atom. The minimum atomic E-state index is -2.38. The van der Waals surface area contributed by atoms with Gasteiger partial charge in [0.1, 0.15) is 0 Å². The number of halogens is 1. The van der Waals surface area contributed by atoms with Gasteiger partial charge in [0.25, 0.3) is 0 Å². The summed E-state index contributed by atoms with van der Waals surface area (Å²) in [5, 5.41) is 4.31. The van der Waals surface area contributed by atoms with E-state index in [1.165, 1.54) is 23.1 Å². The predicted molar refractivity (Wildman–Crippen MR) is 228 cm³/mol. The maximum absolute atomic E-state index is 13.8. The molecule has 8 heteroatoms. The molecule has 56 heavy (non-hydrogen) atoms. The quantitative estimate of drug-likeness (QED) is 0.130. The molecule has 0 atom stereocenters. The summed E-state index contributed by atoms with van der Waals surface area (Å²) in [6, 6.07) is 41.8. The zero-order valence-corrected chi connectivity index (χ0v) is 36.9. The van der Waals surface area contributed by atoms with Gasteiger partial charge in [-0.25, -0.2) is 4.98 Å². The van der Waals surface area contributed by atoms with Gasteiger partial charge in [-0.05, 0) is 53.6 Å². The van der Waals surface area contributed by atoms with Crippen LogP contribution in [0, 0.1) is 31.7 Å². The molecule has 0 unspecified atom stereocenters. The first-order chi connectivity index (χ1) is 27.5. The van der Waals surface area contributed by atoms with Crippen molar-refractivity contribution in [1.29, 1.82) is 0 Å². The molecule has 5 nitrogen and oxygen atoms in total. The largest absolute Gasteiger partial charge is 0 e. The predicted octanol–water partition coefficient (Wildman–Crippen LogP) is 12.1. The van der Waals surface area contributed by atoms with Crippen molar-refractivity contribution in [3.8, 4) is 28.3 Å². The van der Waals surface area contributed by atoms with Gasteiger partial charge in [0.2, 0.25) is 5.71 Å². The Bertz CT molecular complexity index is 3000. The Hall–Kier alpha value is -4.95. The molecule has 0 aliphatic rings. The van der Waals surface area contributed by atoms with Crippen LogP contribution in [0.25, 0.3) is 72.2 Å². The summed E-state index contributed by atoms with van der Waals surface area (Å²) >= 11 is -2.38. The van der Waals surface area contributed by atoms with Crippen LogP contribution in [-0.4, -0.2) is 32.8 Å². The van der Waals surface area contributed by atoms with Gasteiger partial charge >= 0.3 is 114 Å². The van der Waals surface area contributed by atoms with Crippen LogP contribution in [0.2, 0.25) is 17.3 Å². The van der Waals surface area contributed by atoms with Crippen molar-refractivity contribution in [1.82, 2.24) is 19.5 Å². The minimum absolute atomic E-state index is 0. The van der Waals surface area contributed by atoms with E-state index in [1.54, 1.807) is 18.3 Å². The molecule has 4 aromatic heterocycles. The van der Waals surface area contributed by atoms with Gasteiger partial charge in [0, 0.05) is 42.3 Å². The smallest absolute Gasteiger partial charge is 0 e. The summed E-state index contributed by atoms with van der Waals surface area (Å²) in [5.41, 5.74) is 8.38. The van der Waals surface area contributed by atoms with Crippen molar-refractivity contribution in [3.63, 3.8) is 0 Å². The van der Waals surface area contributed by atoms with Gasteiger partial charge in [0.15, 0.2) is 0 Å². The van der Waals surface area contributed by atoms with Gasteiger partial charge < -0.3 is 8.98 Å². The van der Waals surface area contributed by atoms with Crippen LogP contribution in [0.4, 0.5) is 4.39 Å². The maximum Gasteiger partial charge on any atom is 0 e. The summed E-state index contributed by atoms with van der Waals surface area (Å²) in [6.45, 7) is 6.46. The first-order valence-electron chi connectivity index (χ1n) is 19.9. The van der Waals surface area contributed by atoms with Crippen LogP contribution in [0.15, 0.2) is 120 Å². The number of fused-ring (bicyclic) bond motifs is 6. The zero-order chi connectivity index (χ0) is 41.1. The van der Waals surface area contributed by atoms with E-state index in [2.05, 4.69) is 131 Å². The molecule has 9 aromatic rings. The van der Waals surface area contributed by atoms with Crippen molar-refractivity contribution >= 4 is 61.5 Å². The molecular weight excluding hydrogens is 932 g/mol. The van der Waals surface area contributed by atoms with Gasteiger partial charge in [0.05, 0.1) is 22.4 Å². The van der Waals surface area contributed by atoms with Crippen LogP contribution in [-0.2, 0) is 25.5 Å². The number of rotatable bonds is 4. The Morgan fingerprint density at radius 2 is 1.57 bits per heavy atom. The molecule has 1 radical (unpaired) electrons. The van der Waals surface area contributed by atoms with E-state index in [1.807, 2.05) is 25.1 Å². The molecule has 0 aliphatic heterocycles. The van der Waals surface area contributed by atoms with Crippen molar-refractivity contribution in [2.45, 2.75) is 57.2 Å². The number of aromatic nitrogens is 4. The summed E-state index contributed by atoms with van der Waals surface area (Å²) in [6.07, 6.45) is 1.61. The SMILES string of the molecule is Cc1ccc2c(n1)oc1c(-c3nc4c5ccccc5ccc4n3-c3ccc(C(C)(C)C)cc3)[c-]ccc12.[2H]C([2H])([2H])c1cc(-c2[c-]cccc2F)nc[c]1[Ge]([CH3])([CH3])[CH3].[Ir]. The molecule has 4 heterocycles. The average Bonchev–Trinajstić information content (AvgIpc) is 3.76. The van der Waals surface area contributed by atoms with Gasteiger partial charge in [-0.2, -0.15) is 0 Å². The van der Waals surface area contributed by atoms with Crippen LogP contribution >= 0.6 is 0 Å². The standard InChI is InChI=1S/C33H26N3O.C15H17FGeN.Ir/c1-20-12-18-26-25-10-7-11-27(30(25)37-32(26)34-20)31-35-29-24-9-6-5-8-21(24)13-19-28(29)36(31)23-16-14-22(15-17-23)33(2,3)4;1-11-9-15(12-7-5-6-8-13(12)16)18-10-14(11)17(2,3)4;/h5-10,12-19H,1-4H3;5-6,8-10H,1-4H3;/q2*-1;/i;1D3;. The maximum atomic E-state index is 13.8. The molecule has 0 saturated carbocycles. The van der Waals surface area contributed by atoms with Crippen molar-refractivity contribution in [3.05, 3.63) is 150 Å². The third-order valence-electron chi connectivity index (χ3n) is 9.98. The van der Waals surface area contributed by atoms with Gasteiger partial charge in [-0.15, -0.1) is 18.2 Å². The fourth-order valence-electron chi connectivity index (χ4n) is 7.03. The second-order valence-corrected chi connectivity index (χ2v) is 26.6. The Kier molecular flexibility index (Phi) is 9.62. The number of pyridine rings is 2. The monoisotopic (exact) mass is 980 g/mol. The first-order valence-corrected chi connectivity index (χ1v) is 25.7. The summed E-state index contributed by atoms with van der Waals surface area (Å²) < 4.78 is 46.5. The second-order valence-electron chi connectivity index (χ2n) is 16.0. The molecule has 0 saturated heterocycles. The molecule has 0 N–H and O–H groups in total. The second kappa shape index (κ2) is 15.2. The minimum Gasteiger partial charge on any atom is 0 e. The van der Waals surface area contributed by atoms with E-state index < -0.39 is 25.9 Å². The number of hydrogen-bond donors (Lipinski definition) is 0. The van der Waals surface area contributed by atoms with E-state index in [-0.39, 0.29) is 36.6 Å². The molecule has 0 spiro atoms. The van der Waals surface area contributed by atoms with Crippen molar-refractivity contribution in [2.24, 2.45) is 0 Å². The van der Waals surface area contributed by atoms with Gasteiger partial charge in [-0.3, -0.25) is 4.98 Å². The number of benzene rings is 5. The number of imidazole rings is 1. The van der Waals surface area contributed by atoms with Gasteiger partial charge in [-0.1, -0.05) is 74.2 Å². The summed E-state index contributed by atoms with van der Waals surface area (Å²) in [4.78, 5) is 14.2. The molecule has 283 valence electrons. The van der Waals surface area contributed by atoms with Crippen LogP contribution in [0.3, 0.4) is 0 Å². The number of aryl methyl sites for hydroxylation is 2. The van der Waals surface area contributed by atoms with Crippen LogP contribution in [0.1, 0.15) is 41.7 Å². The van der Waals surface area contributed by atoms with Crippen molar-refractivity contribution in [2.75, 3.05) is 0 Å². The third-order valence-corrected chi connectivity index (χ3v) is 14.2. The first kappa shape index (κ1) is 35.5. The summed E-state index contributed by atoms with van der Waals surface area (Å²) in [5.74, 6) is 6.69. The normalized spacial score (nSPS) is 12.9. The fourth-order valence-corrected chi connectivity index (χ4v) is 9.83. The van der Waals surface area contributed by atoms with E-state index in [0.717, 1.165) is 59.9 Å². The topological polar surface area (TPSA) is 56.7 Å². The zero-order valence-electron chi connectivity index (χ0n) is 35.4. The third kappa shape index (κ3) is 7.36. The van der Waals surface area contributed by atoms with E-state index in [9.17, 15) is 4.39 Å². The van der Waals surface area contributed by atoms with Crippen molar-refractivity contribution < 1.29 is 33.0 Å². The number of nitrogens with zero attached hydrogens (tertiary/aromatic N) is 4. The molecule has 5 aromatic carbocycles. The molecule has 9 rings (SSSR count). The molecule has 0 amide bonds. The number of furan rings is 1. The summed E-state index contributed by atoms with van der Waals surface area (Å²) in [7, 11) is 0. The van der Waals surface area contributed by atoms with Crippen LogP contribution in [0.5, 0.6) is 0 Å². The average molecular weight is 979 g/mol. The van der Waals surface area contributed by atoms with E-state index in [4.69, 9.17) is 13.5 Å². The fraction of sp³-hybridized carbons (Fsp3) is 0.188. The molecular formula is C48H43FGeIrN4O-2. The molecule has 0 fully saturated rings. The Morgan fingerprint density at radius 1 is 0.804 bits per heavy atom.